The third-order valence-corrected chi connectivity index (χ3v) is 3.46. The first-order valence-corrected chi connectivity index (χ1v) is 7.54. The van der Waals surface area contributed by atoms with Crippen LogP contribution in [0.1, 0.15) is 38.3 Å². The van der Waals surface area contributed by atoms with E-state index in [2.05, 4.69) is 10.6 Å². The number of amides is 2. The Balaban J connectivity index is 1.81. The van der Waals surface area contributed by atoms with E-state index in [1.54, 1.807) is 19.1 Å². The van der Waals surface area contributed by atoms with Crippen LogP contribution in [0, 0.1) is 0 Å². The lowest BCUT2D eigenvalue weighted by atomic mass is 10.1. The van der Waals surface area contributed by atoms with E-state index < -0.39 is 6.04 Å². The van der Waals surface area contributed by atoms with Gasteiger partial charge >= 0.3 is 0 Å². The quantitative estimate of drug-likeness (QED) is 0.697. The van der Waals surface area contributed by atoms with Gasteiger partial charge in [0, 0.05) is 6.04 Å². The average Bonchev–Trinajstić information content (AvgIpc) is 3.29. The maximum Gasteiger partial charge on any atom is 0.258 e. The van der Waals surface area contributed by atoms with Crippen LogP contribution < -0.4 is 21.1 Å². The molecule has 0 heterocycles. The Labute approximate surface area is 130 Å². The van der Waals surface area contributed by atoms with Gasteiger partial charge in [0.2, 0.25) is 5.91 Å². The molecule has 1 saturated carbocycles. The summed E-state index contributed by atoms with van der Waals surface area (Å²) in [5.74, 6) is 0.342. The second-order valence-corrected chi connectivity index (χ2v) is 5.72. The monoisotopic (exact) mass is 305 g/mol. The topological polar surface area (TPSA) is 93.5 Å². The maximum absolute atomic E-state index is 11.6. The smallest absolute Gasteiger partial charge is 0.258 e. The van der Waals surface area contributed by atoms with Crippen molar-refractivity contribution < 1.29 is 14.3 Å². The van der Waals surface area contributed by atoms with Gasteiger partial charge in [0.1, 0.15) is 5.75 Å². The molecule has 1 fully saturated rings. The minimum Gasteiger partial charge on any atom is -0.484 e. The molecule has 2 amide bonds. The van der Waals surface area contributed by atoms with Gasteiger partial charge in [-0.05, 0) is 44.4 Å². The van der Waals surface area contributed by atoms with Gasteiger partial charge < -0.3 is 21.1 Å². The number of nitrogens with one attached hydrogen (secondary N) is 2. The molecule has 1 aliphatic carbocycles. The van der Waals surface area contributed by atoms with Crippen LogP contribution in [-0.2, 0) is 9.59 Å². The van der Waals surface area contributed by atoms with Crippen molar-refractivity contribution in [3.05, 3.63) is 29.8 Å². The van der Waals surface area contributed by atoms with Gasteiger partial charge in [-0.1, -0.05) is 12.1 Å². The van der Waals surface area contributed by atoms with Gasteiger partial charge in [-0.3, -0.25) is 9.59 Å². The van der Waals surface area contributed by atoms with Crippen molar-refractivity contribution in [1.82, 2.24) is 10.6 Å². The van der Waals surface area contributed by atoms with Crippen molar-refractivity contribution in [3.63, 3.8) is 0 Å². The van der Waals surface area contributed by atoms with Crippen LogP contribution in [0.2, 0.25) is 0 Å². The molecule has 1 aliphatic rings. The van der Waals surface area contributed by atoms with Crippen LogP contribution in [0.5, 0.6) is 5.75 Å². The second kappa shape index (κ2) is 7.26. The molecule has 0 aromatic heterocycles. The van der Waals surface area contributed by atoms with E-state index in [1.165, 1.54) is 0 Å². The van der Waals surface area contributed by atoms with E-state index in [-0.39, 0.29) is 24.5 Å². The number of hydrogen-bond acceptors (Lipinski definition) is 4. The van der Waals surface area contributed by atoms with Crippen LogP contribution >= 0.6 is 0 Å². The molecule has 0 radical (unpaired) electrons. The summed E-state index contributed by atoms with van der Waals surface area (Å²) in [6, 6.07) is 6.97. The van der Waals surface area contributed by atoms with Crippen molar-refractivity contribution >= 4 is 11.8 Å². The van der Waals surface area contributed by atoms with E-state index in [9.17, 15) is 9.59 Å². The van der Waals surface area contributed by atoms with E-state index in [1.807, 2.05) is 19.1 Å². The van der Waals surface area contributed by atoms with Gasteiger partial charge in [-0.25, -0.2) is 0 Å². The molecule has 1 unspecified atom stereocenters. The minimum absolute atomic E-state index is 0.0207. The lowest BCUT2D eigenvalue weighted by Crippen LogP contribution is -2.39. The zero-order valence-corrected chi connectivity index (χ0v) is 13.0. The van der Waals surface area contributed by atoms with Gasteiger partial charge in [0.05, 0.1) is 12.1 Å². The number of ether oxygens (including phenoxy) is 1. The standard InChI is InChI=1S/C16H23N3O3/c1-10(17)16(21)18-11(2)12-3-7-14(8-4-12)22-9-15(20)19-13-5-6-13/h3-4,7-8,10-11,13H,5-6,9,17H2,1-2H3,(H,18,21)(H,19,20)/t10-,11?/m0/s1. The molecule has 0 saturated heterocycles. The minimum atomic E-state index is -0.532. The average molecular weight is 305 g/mol. The SMILES string of the molecule is CC(NC(=O)[C@H](C)N)c1ccc(OCC(=O)NC2CC2)cc1. The van der Waals surface area contributed by atoms with Crippen molar-refractivity contribution in [2.45, 2.75) is 44.8 Å². The second-order valence-electron chi connectivity index (χ2n) is 5.72. The lowest BCUT2D eigenvalue weighted by molar-refractivity contribution is -0.123. The number of rotatable bonds is 7. The van der Waals surface area contributed by atoms with Gasteiger partial charge in [-0.2, -0.15) is 0 Å². The molecule has 1 aromatic carbocycles. The van der Waals surface area contributed by atoms with Crippen molar-refractivity contribution in [2.75, 3.05) is 6.61 Å². The molecule has 1 aromatic rings. The molecule has 6 nitrogen and oxygen atoms in total. The van der Waals surface area contributed by atoms with Crippen molar-refractivity contribution in [1.29, 1.82) is 0 Å². The van der Waals surface area contributed by atoms with E-state index in [0.29, 0.717) is 11.8 Å². The van der Waals surface area contributed by atoms with Crippen LogP contribution in [-0.4, -0.2) is 30.5 Å². The summed E-state index contributed by atoms with van der Waals surface area (Å²) in [5.41, 5.74) is 6.47. The van der Waals surface area contributed by atoms with Crippen LogP contribution in [0.4, 0.5) is 0 Å². The summed E-state index contributed by atoms with van der Waals surface area (Å²) in [6.45, 7) is 3.55. The molecule has 6 heteroatoms. The number of benzene rings is 1. The van der Waals surface area contributed by atoms with Crippen LogP contribution in [0.25, 0.3) is 0 Å². The third kappa shape index (κ3) is 5.04. The van der Waals surface area contributed by atoms with E-state index >= 15 is 0 Å². The predicted molar refractivity (Wildman–Crippen MR) is 83.3 cm³/mol. The Hall–Kier alpha value is -2.08. The summed E-state index contributed by atoms with van der Waals surface area (Å²) in [5, 5.41) is 5.69. The van der Waals surface area contributed by atoms with Crippen molar-refractivity contribution in [2.24, 2.45) is 5.73 Å². The van der Waals surface area contributed by atoms with E-state index in [0.717, 1.165) is 18.4 Å². The highest BCUT2D eigenvalue weighted by atomic mass is 16.5. The highest BCUT2D eigenvalue weighted by molar-refractivity contribution is 5.81. The maximum atomic E-state index is 11.6. The highest BCUT2D eigenvalue weighted by Crippen LogP contribution is 2.19. The number of carbonyl (C=O) groups is 2. The van der Waals surface area contributed by atoms with Crippen LogP contribution in [0.3, 0.4) is 0 Å². The largest absolute Gasteiger partial charge is 0.484 e. The van der Waals surface area contributed by atoms with Gasteiger partial charge in [-0.15, -0.1) is 0 Å². The summed E-state index contributed by atoms with van der Waals surface area (Å²) < 4.78 is 5.43. The summed E-state index contributed by atoms with van der Waals surface area (Å²) in [6.07, 6.45) is 2.12. The van der Waals surface area contributed by atoms with Gasteiger partial charge in [0.15, 0.2) is 6.61 Å². The number of nitrogens with two attached hydrogens (primary N) is 1. The Morgan fingerprint density at radius 3 is 2.45 bits per heavy atom. The van der Waals surface area contributed by atoms with Gasteiger partial charge in [0.25, 0.3) is 5.91 Å². The summed E-state index contributed by atoms with van der Waals surface area (Å²) in [4.78, 5) is 23.1. The highest BCUT2D eigenvalue weighted by Gasteiger charge is 2.23. The number of hydrogen-bond donors (Lipinski definition) is 3. The first-order valence-electron chi connectivity index (χ1n) is 7.54. The molecule has 0 aliphatic heterocycles. The predicted octanol–water partition coefficient (Wildman–Crippen LogP) is 0.868. The summed E-state index contributed by atoms with van der Waals surface area (Å²) >= 11 is 0. The molecule has 2 atom stereocenters. The fourth-order valence-corrected chi connectivity index (χ4v) is 1.93. The molecular formula is C16H23N3O3. The Kier molecular flexibility index (Phi) is 5.38. The molecule has 0 spiro atoms. The zero-order valence-electron chi connectivity index (χ0n) is 13.0. The Bertz CT molecular complexity index is 524. The van der Waals surface area contributed by atoms with Crippen LogP contribution in [0.15, 0.2) is 24.3 Å². The molecule has 4 N–H and O–H groups in total. The first kappa shape index (κ1) is 16.3. The zero-order chi connectivity index (χ0) is 16.1. The molecule has 120 valence electrons. The first-order chi connectivity index (χ1) is 10.5. The Morgan fingerprint density at radius 2 is 1.91 bits per heavy atom. The molecule has 22 heavy (non-hydrogen) atoms. The molecule has 2 rings (SSSR count). The molecule has 0 bridgehead atoms. The fraction of sp³-hybridized carbons (Fsp3) is 0.500. The third-order valence-electron chi connectivity index (χ3n) is 3.46. The summed E-state index contributed by atoms with van der Waals surface area (Å²) in [7, 11) is 0. The molecular weight excluding hydrogens is 282 g/mol. The fourth-order valence-electron chi connectivity index (χ4n) is 1.93. The Morgan fingerprint density at radius 1 is 1.27 bits per heavy atom. The number of carbonyl (C=O) groups excluding carboxylic acids is 2. The lowest BCUT2D eigenvalue weighted by Gasteiger charge is -2.16. The normalized spacial score (nSPS) is 16.5. The van der Waals surface area contributed by atoms with E-state index in [4.69, 9.17) is 10.5 Å². The van der Waals surface area contributed by atoms with Crippen molar-refractivity contribution in [3.8, 4) is 5.75 Å².